The van der Waals surface area contributed by atoms with Crippen molar-refractivity contribution in [3.63, 3.8) is 0 Å². The summed E-state index contributed by atoms with van der Waals surface area (Å²) in [6.45, 7) is 0.584. The number of benzene rings is 1. The third kappa shape index (κ3) is 4.77. The number of urea groups is 1. The van der Waals surface area contributed by atoms with E-state index >= 15 is 0 Å². The number of amides is 3. The average Bonchev–Trinajstić information content (AvgIpc) is 2.86. The van der Waals surface area contributed by atoms with Crippen LogP contribution in [0.15, 0.2) is 24.3 Å². The molecular weight excluding hydrogens is 372 g/mol. The van der Waals surface area contributed by atoms with Crippen LogP contribution in [-0.4, -0.2) is 60.0 Å². The smallest absolute Gasteiger partial charge is 0.387 e. The lowest BCUT2D eigenvalue weighted by atomic mass is 9.93. The minimum Gasteiger partial charge on any atom is -0.435 e. The highest BCUT2D eigenvalue weighted by atomic mass is 19.3. The minimum atomic E-state index is -2.87. The number of ether oxygens (including phenoxy) is 1. The molecule has 3 amide bonds. The predicted molar refractivity (Wildman–Crippen MR) is 96.0 cm³/mol. The van der Waals surface area contributed by atoms with Crippen molar-refractivity contribution in [2.24, 2.45) is 0 Å². The quantitative estimate of drug-likeness (QED) is 0.585. The standard InChI is InChI=1S/C19H25F2N3O4/c1-19(9-6-13-2-4-15(5-3-13)28-17(20)21)16(26)24(18(27)22-19)12-23-10-7-14(25)8-11-23/h2-5,14,17,25H,6-12H2,1H3,(H,22,27)/p+1/t19-/m1/s1. The first-order valence-corrected chi connectivity index (χ1v) is 9.46. The van der Waals surface area contributed by atoms with E-state index in [2.05, 4.69) is 10.1 Å². The lowest BCUT2D eigenvalue weighted by Crippen LogP contribution is -3.14. The van der Waals surface area contributed by atoms with E-state index in [1.807, 2.05) is 0 Å². The van der Waals surface area contributed by atoms with Crippen molar-refractivity contribution < 1.29 is 33.1 Å². The second-order valence-corrected chi connectivity index (χ2v) is 7.66. The molecule has 0 aromatic heterocycles. The summed E-state index contributed by atoms with van der Waals surface area (Å²) in [5.41, 5.74) is -0.136. The first-order chi connectivity index (χ1) is 13.3. The van der Waals surface area contributed by atoms with Gasteiger partial charge in [-0.2, -0.15) is 8.78 Å². The molecule has 1 atom stereocenters. The first kappa shape index (κ1) is 20.5. The van der Waals surface area contributed by atoms with Gasteiger partial charge >= 0.3 is 12.6 Å². The van der Waals surface area contributed by atoms with E-state index in [1.165, 1.54) is 17.0 Å². The van der Waals surface area contributed by atoms with Gasteiger partial charge < -0.3 is 20.1 Å². The molecule has 0 spiro atoms. The highest BCUT2D eigenvalue weighted by Gasteiger charge is 2.48. The van der Waals surface area contributed by atoms with Gasteiger partial charge in [-0.3, -0.25) is 4.79 Å². The van der Waals surface area contributed by atoms with Gasteiger partial charge in [0.05, 0.1) is 19.2 Å². The number of likely N-dealkylation sites (tertiary alicyclic amines) is 1. The summed E-state index contributed by atoms with van der Waals surface area (Å²) in [4.78, 5) is 27.6. The van der Waals surface area contributed by atoms with E-state index in [0.29, 0.717) is 32.4 Å². The molecule has 0 aliphatic carbocycles. The highest BCUT2D eigenvalue weighted by molar-refractivity contribution is 6.06. The fourth-order valence-electron chi connectivity index (χ4n) is 3.68. The number of piperidine rings is 1. The van der Waals surface area contributed by atoms with Crippen LogP contribution < -0.4 is 15.0 Å². The Hall–Kier alpha value is -2.26. The number of imide groups is 1. The van der Waals surface area contributed by atoms with Crippen LogP contribution in [0.2, 0.25) is 0 Å². The number of nitrogens with zero attached hydrogens (tertiary/aromatic N) is 1. The fourth-order valence-corrected chi connectivity index (χ4v) is 3.68. The molecule has 2 fully saturated rings. The van der Waals surface area contributed by atoms with E-state index in [1.54, 1.807) is 19.1 Å². The number of hydrogen-bond acceptors (Lipinski definition) is 4. The van der Waals surface area contributed by atoms with E-state index in [-0.39, 0.29) is 17.8 Å². The number of alkyl halides is 2. The number of hydrogen-bond donors (Lipinski definition) is 3. The zero-order valence-electron chi connectivity index (χ0n) is 15.8. The maximum Gasteiger partial charge on any atom is 0.387 e. The molecule has 0 bridgehead atoms. The highest BCUT2D eigenvalue weighted by Crippen LogP contribution is 2.24. The van der Waals surface area contributed by atoms with Crippen LogP contribution in [-0.2, 0) is 11.2 Å². The van der Waals surface area contributed by atoms with Gasteiger partial charge in [-0.15, -0.1) is 0 Å². The summed E-state index contributed by atoms with van der Waals surface area (Å²) < 4.78 is 28.7. The van der Waals surface area contributed by atoms with Gasteiger partial charge in [0, 0.05) is 12.8 Å². The number of carbonyl (C=O) groups excluding carboxylic acids is 2. The third-order valence-corrected chi connectivity index (χ3v) is 5.45. The Morgan fingerprint density at radius 2 is 1.93 bits per heavy atom. The molecule has 154 valence electrons. The topological polar surface area (TPSA) is 83.3 Å². The summed E-state index contributed by atoms with van der Waals surface area (Å²) >= 11 is 0. The fraction of sp³-hybridized carbons (Fsp3) is 0.579. The van der Waals surface area contributed by atoms with Gasteiger partial charge in [-0.25, -0.2) is 9.69 Å². The number of aryl methyl sites for hydroxylation is 1. The Morgan fingerprint density at radius 1 is 1.29 bits per heavy atom. The number of nitrogens with one attached hydrogen (secondary N) is 2. The number of rotatable bonds is 7. The second kappa shape index (κ2) is 8.40. The van der Waals surface area contributed by atoms with Crippen molar-refractivity contribution in [3.05, 3.63) is 29.8 Å². The van der Waals surface area contributed by atoms with Crippen LogP contribution in [0.3, 0.4) is 0 Å². The average molecular weight is 398 g/mol. The van der Waals surface area contributed by atoms with E-state index in [4.69, 9.17) is 0 Å². The van der Waals surface area contributed by atoms with E-state index in [0.717, 1.165) is 23.6 Å². The van der Waals surface area contributed by atoms with Gasteiger partial charge in [0.25, 0.3) is 5.91 Å². The molecule has 2 aliphatic rings. The molecular formula is C19H26F2N3O4+. The SMILES string of the molecule is C[C@]1(CCc2ccc(OC(F)F)cc2)NC(=O)N(C[NH+]2CCC(O)CC2)C1=O. The summed E-state index contributed by atoms with van der Waals surface area (Å²) in [6, 6.07) is 5.86. The molecule has 1 aromatic carbocycles. The maximum atomic E-state index is 12.8. The zero-order valence-corrected chi connectivity index (χ0v) is 15.8. The van der Waals surface area contributed by atoms with Gasteiger partial charge in [-0.05, 0) is 37.5 Å². The van der Waals surface area contributed by atoms with Gasteiger partial charge in [0.2, 0.25) is 0 Å². The number of quaternary nitrogens is 1. The minimum absolute atomic E-state index is 0.0796. The molecule has 1 aromatic rings. The van der Waals surface area contributed by atoms with E-state index < -0.39 is 18.2 Å². The van der Waals surface area contributed by atoms with Crippen LogP contribution >= 0.6 is 0 Å². The zero-order chi connectivity index (χ0) is 20.3. The molecule has 7 nitrogen and oxygen atoms in total. The lowest BCUT2D eigenvalue weighted by molar-refractivity contribution is -0.913. The van der Waals surface area contributed by atoms with Crippen LogP contribution in [0, 0.1) is 0 Å². The molecule has 0 unspecified atom stereocenters. The monoisotopic (exact) mass is 398 g/mol. The van der Waals surface area contributed by atoms with Crippen molar-refractivity contribution in [2.45, 2.75) is 50.9 Å². The first-order valence-electron chi connectivity index (χ1n) is 9.46. The van der Waals surface area contributed by atoms with Crippen molar-refractivity contribution >= 4 is 11.9 Å². The number of aliphatic hydroxyl groups excluding tert-OH is 1. The molecule has 2 aliphatic heterocycles. The van der Waals surface area contributed by atoms with Crippen LogP contribution in [0.4, 0.5) is 13.6 Å². The van der Waals surface area contributed by atoms with Crippen LogP contribution in [0.5, 0.6) is 5.75 Å². The normalized spacial score (nSPS) is 28.0. The van der Waals surface area contributed by atoms with Crippen molar-refractivity contribution in [1.29, 1.82) is 0 Å². The summed E-state index contributed by atoms with van der Waals surface area (Å²) in [5.74, 6) is -0.176. The molecule has 9 heteroatoms. The number of halogens is 2. The molecule has 28 heavy (non-hydrogen) atoms. The van der Waals surface area contributed by atoms with Crippen LogP contribution in [0.25, 0.3) is 0 Å². The molecule has 0 radical (unpaired) electrons. The summed E-state index contributed by atoms with van der Waals surface area (Å²) in [5, 5.41) is 12.4. The Balaban J connectivity index is 1.56. The van der Waals surface area contributed by atoms with Gasteiger partial charge in [-0.1, -0.05) is 12.1 Å². The second-order valence-electron chi connectivity index (χ2n) is 7.66. The van der Waals surface area contributed by atoms with Crippen LogP contribution in [0.1, 0.15) is 31.7 Å². The van der Waals surface area contributed by atoms with Gasteiger partial charge in [0.1, 0.15) is 11.3 Å². The third-order valence-electron chi connectivity index (χ3n) is 5.45. The largest absolute Gasteiger partial charge is 0.435 e. The Kier molecular flexibility index (Phi) is 6.14. The number of carbonyl (C=O) groups is 2. The molecule has 2 heterocycles. The lowest BCUT2D eigenvalue weighted by Gasteiger charge is -2.29. The Labute approximate surface area is 162 Å². The maximum absolute atomic E-state index is 12.8. The summed E-state index contributed by atoms with van der Waals surface area (Å²) in [7, 11) is 0. The van der Waals surface area contributed by atoms with E-state index in [9.17, 15) is 23.5 Å². The molecule has 3 rings (SSSR count). The predicted octanol–water partition coefficient (Wildman–Crippen LogP) is 0.528. The van der Waals surface area contributed by atoms with Crippen molar-refractivity contribution in [2.75, 3.05) is 19.8 Å². The van der Waals surface area contributed by atoms with Gasteiger partial charge in [0.15, 0.2) is 6.67 Å². The molecule has 2 saturated heterocycles. The summed E-state index contributed by atoms with van der Waals surface area (Å²) in [6.07, 6.45) is 1.95. The molecule has 0 saturated carbocycles. The Bertz CT molecular complexity index is 708. The van der Waals surface area contributed by atoms with Crippen molar-refractivity contribution in [3.8, 4) is 5.75 Å². The Morgan fingerprint density at radius 3 is 2.54 bits per heavy atom. The van der Waals surface area contributed by atoms with Crippen molar-refractivity contribution in [1.82, 2.24) is 10.2 Å². The number of aliphatic hydroxyl groups is 1. The molecule has 3 N–H and O–H groups in total.